The monoisotopic (exact) mass is 448 g/mol. The molecular weight excluding hydrogens is 427 g/mol. The maximum Gasteiger partial charge on any atom is 0.289 e. The molecule has 1 fully saturated rings. The van der Waals surface area contributed by atoms with Gasteiger partial charge in [0.15, 0.2) is 5.82 Å². The molecule has 2 unspecified atom stereocenters. The zero-order chi connectivity index (χ0) is 23.5. The van der Waals surface area contributed by atoms with Crippen molar-refractivity contribution in [3.05, 3.63) is 60.2 Å². The molecular formula is C23H21FN6O3. The highest BCUT2D eigenvalue weighted by molar-refractivity contribution is 5.97. The van der Waals surface area contributed by atoms with Gasteiger partial charge < -0.3 is 20.1 Å². The number of hydrogen-bond donors (Lipinski definition) is 2. The summed E-state index contributed by atoms with van der Waals surface area (Å²) in [6, 6.07) is 14.2. The van der Waals surface area contributed by atoms with Crippen LogP contribution in [0.4, 0.5) is 10.1 Å². The number of amides is 3. The second kappa shape index (κ2) is 9.08. The van der Waals surface area contributed by atoms with Gasteiger partial charge in [-0.3, -0.25) is 14.4 Å². The minimum Gasteiger partial charge on any atom is -0.334 e. The van der Waals surface area contributed by atoms with Crippen LogP contribution in [0.3, 0.4) is 0 Å². The highest BCUT2D eigenvalue weighted by atomic mass is 19.1. The van der Waals surface area contributed by atoms with E-state index in [9.17, 15) is 24.0 Å². The number of para-hydroxylation sites is 1. The third-order valence-corrected chi connectivity index (χ3v) is 5.55. The van der Waals surface area contributed by atoms with E-state index in [0.29, 0.717) is 16.7 Å². The Morgan fingerprint density at radius 3 is 2.76 bits per heavy atom. The number of H-pyrrole nitrogens is 1. The summed E-state index contributed by atoms with van der Waals surface area (Å²) in [5.74, 6) is -2.30. The molecule has 1 aromatic heterocycles. The van der Waals surface area contributed by atoms with Crippen LogP contribution in [0.1, 0.15) is 17.0 Å². The van der Waals surface area contributed by atoms with Gasteiger partial charge in [-0.25, -0.2) is 9.37 Å². The molecule has 2 N–H and O–H groups in total. The number of imidazole rings is 1. The number of anilines is 1. The van der Waals surface area contributed by atoms with E-state index in [4.69, 9.17) is 0 Å². The molecule has 168 valence electrons. The Balaban J connectivity index is 1.40. The van der Waals surface area contributed by atoms with Gasteiger partial charge in [-0.05, 0) is 30.7 Å². The van der Waals surface area contributed by atoms with Crippen molar-refractivity contribution >= 4 is 34.4 Å². The lowest BCUT2D eigenvalue weighted by molar-refractivity contribution is -0.131. The molecule has 2 atom stereocenters. The number of fused-ring (bicyclic) bond motifs is 1. The number of likely N-dealkylation sites (N-methyl/N-ethyl adjacent to an activating group) is 1. The fraction of sp³-hybridized carbons (Fsp3) is 0.261. The van der Waals surface area contributed by atoms with Crippen molar-refractivity contribution in [3.63, 3.8) is 0 Å². The molecule has 0 aliphatic carbocycles. The van der Waals surface area contributed by atoms with Crippen molar-refractivity contribution in [2.45, 2.75) is 12.5 Å². The number of benzene rings is 2. The molecule has 10 heteroatoms. The van der Waals surface area contributed by atoms with Crippen LogP contribution in [0, 0.1) is 23.1 Å². The maximum absolute atomic E-state index is 13.4. The number of carbonyl (C=O) groups is 3. The first kappa shape index (κ1) is 22.0. The molecule has 33 heavy (non-hydrogen) atoms. The quantitative estimate of drug-likeness (QED) is 0.619. The number of likely N-dealkylation sites (tertiary alicyclic amines) is 1. The predicted molar refractivity (Wildman–Crippen MR) is 117 cm³/mol. The first-order valence-corrected chi connectivity index (χ1v) is 10.3. The number of hydrogen-bond acceptors (Lipinski definition) is 5. The lowest BCUT2D eigenvalue weighted by atomic mass is 10.1. The third kappa shape index (κ3) is 4.67. The highest BCUT2D eigenvalue weighted by Gasteiger charge is 2.39. The van der Waals surface area contributed by atoms with Crippen LogP contribution in [0.15, 0.2) is 48.5 Å². The lowest BCUT2D eigenvalue weighted by Gasteiger charge is -2.23. The topological polar surface area (TPSA) is 122 Å². The van der Waals surface area contributed by atoms with Crippen molar-refractivity contribution in [1.82, 2.24) is 19.8 Å². The first-order chi connectivity index (χ1) is 15.9. The molecule has 1 aliphatic rings. The number of nitrogens with one attached hydrogen (secondary N) is 2. The van der Waals surface area contributed by atoms with Crippen LogP contribution in [0.5, 0.6) is 0 Å². The molecule has 0 spiro atoms. The van der Waals surface area contributed by atoms with Gasteiger partial charge in [0.05, 0.1) is 29.6 Å². The minimum atomic E-state index is -0.762. The Morgan fingerprint density at radius 1 is 1.27 bits per heavy atom. The van der Waals surface area contributed by atoms with Crippen molar-refractivity contribution in [2.24, 2.45) is 5.92 Å². The van der Waals surface area contributed by atoms with E-state index in [1.807, 2.05) is 6.07 Å². The van der Waals surface area contributed by atoms with Gasteiger partial charge in [-0.2, -0.15) is 5.26 Å². The Morgan fingerprint density at radius 2 is 2.03 bits per heavy atom. The summed E-state index contributed by atoms with van der Waals surface area (Å²) in [5.41, 5.74) is 1.43. The molecule has 2 heterocycles. The molecule has 3 amide bonds. The molecule has 1 aliphatic heterocycles. The second-order valence-corrected chi connectivity index (χ2v) is 7.89. The summed E-state index contributed by atoms with van der Waals surface area (Å²) in [6.07, 6.45) is 0.216. The van der Waals surface area contributed by atoms with E-state index < -0.39 is 29.6 Å². The summed E-state index contributed by atoms with van der Waals surface area (Å²) in [5, 5.41) is 12.3. The fourth-order valence-electron chi connectivity index (χ4n) is 3.82. The molecule has 0 radical (unpaired) electrons. The summed E-state index contributed by atoms with van der Waals surface area (Å²) in [7, 11) is 1.44. The van der Waals surface area contributed by atoms with E-state index in [-0.39, 0.29) is 31.2 Å². The Bertz CT molecular complexity index is 1250. The summed E-state index contributed by atoms with van der Waals surface area (Å²) in [6.45, 7) is -0.211. The van der Waals surface area contributed by atoms with Gasteiger partial charge in [-0.1, -0.05) is 18.2 Å². The van der Waals surface area contributed by atoms with E-state index >= 15 is 0 Å². The molecule has 3 aromatic rings. The van der Waals surface area contributed by atoms with Crippen molar-refractivity contribution in [1.29, 1.82) is 5.26 Å². The Kier molecular flexibility index (Phi) is 6.04. The van der Waals surface area contributed by atoms with Crippen molar-refractivity contribution in [2.75, 3.05) is 25.5 Å². The molecule has 0 saturated carbocycles. The number of nitriles is 1. The first-order valence-electron chi connectivity index (χ1n) is 10.3. The number of aromatic nitrogens is 2. The van der Waals surface area contributed by atoms with E-state index in [2.05, 4.69) is 21.4 Å². The van der Waals surface area contributed by atoms with Crippen LogP contribution < -0.4 is 5.32 Å². The van der Waals surface area contributed by atoms with Gasteiger partial charge in [0.25, 0.3) is 5.91 Å². The number of nitrogens with zero attached hydrogens (tertiary/aromatic N) is 4. The lowest BCUT2D eigenvalue weighted by Crippen LogP contribution is -2.43. The zero-order valence-corrected chi connectivity index (χ0v) is 17.8. The number of carbonyl (C=O) groups excluding carboxylic acids is 3. The van der Waals surface area contributed by atoms with Gasteiger partial charge in [0, 0.05) is 25.3 Å². The predicted octanol–water partition coefficient (Wildman–Crippen LogP) is 2.15. The Labute approximate surface area is 188 Å². The fourth-order valence-corrected chi connectivity index (χ4v) is 3.82. The van der Waals surface area contributed by atoms with Crippen LogP contribution in [0.25, 0.3) is 11.0 Å². The zero-order valence-electron chi connectivity index (χ0n) is 17.8. The van der Waals surface area contributed by atoms with E-state index in [0.717, 1.165) is 0 Å². The molecule has 1 saturated heterocycles. The number of halogens is 1. The molecule has 4 rings (SSSR count). The third-order valence-electron chi connectivity index (χ3n) is 5.55. The largest absolute Gasteiger partial charge is 0.334 e. The van der Waals surface area contributed by atoms with Gasteiger partial charge in [-0.15, -0.1) is 0 Å². The number of rotatable bonds is 5. The van der Waals surface area contributed by atoms with Crippen molar-refractivity contribution in [3.8, 4) is 6.07 Å². The Hall–Kier alpha value is -4.26. The van der Waals surface area contributed by atoms with E-state index in [1.165, 1.54) is 35.0 Å². The van der Waals surface area contributed by atoms with Gasteiger partial charge in [0.1, 0.15) is 11.9 Å². The average Bonchev–Trinajstić information content (AvgIpc) is 3.43. The minimum absolute atomic E-state index is 0.0238. The summed E-state index contributed by atoms with van der Waals surface area (Å²) < 4.78 is 13.4. The maximum atomic E-state index is 13.4. The van der Waals surface area contributed by atoms with Gasteiger partial charge >= 0.3 is 0 Å². The standard InChI is InChI=1S/C23H21FN6O3/c1-29(23(33)21-27-18-8-7-15(24)10-19(18)28-21)13-20(31)30-12-14(9-17(30)11-25)22(32)26-16-5-3-2-4-6-16/h2-8,10,14,17H,9,12-13H2,1H3,(H,26,32)(H,27,28). The van der Waals surface area contributed by atoms with Crippen molar-refractivity contribution < 1.29 is 18.8 Å². The SMILES string of the molecule is CN(CC(=O)N1CC(C(=O)Nc2ccccc2)CC1C#N)C(=O)c1nc2cc(F)ccc2[nH]1. The smallest absolute Gasteiger partial charge is 0.289 e. The summed E-state index contributed by atoms with van der Waals surface area (Å²) in [4.78, 5) is 47.6. The number of aromatic amines is 1. The van der Waals surface area contributed by atoms with Crippen LogP contribution in [-0.2, 0) is 9.59 Å². The summed E-state index contributed by atoms with van der Waals surface area (Å²) >= 11 is 0. The second-order valence-electron chi connectivity index (χ2n) is 7.89. The average molecular weight is 448 g/mol. The molecule has 0 bridgehead atoms. The van der Waals surface area contributed by atoms with E-state index in [1.54, 1.807) is 24.3 Å². The van der Waals surface area contributed by atoms with Crippen LogP contribution in [-0.4, -0.2) is 63.7 Å². The molecule has 2 aromatic carbocycles. The normalized spacial score (nSPS) is 17.5. The molecule has 9 nitrogen and oxygen atoms in total. The van der Waals surface area contributed by atoms with Crippen LogP contribution >= 0.6 is 0 Å². The van der Waals surface area contributed by atoms with Crippen LogP contribution in [0.2, 0.25) is 0 Å². The van der Waals surface area contributed by atoms with Gasteiger partial charge in [0.2, 0.25) is 11.8 Å². The highest BCUT2D eigenvalue weighted by Crippen LogP contribution is 2.25.